The number of rotatable bonds is 6. The van der Waals surface area contributed by atoms with E-state index in [9.17, 15) is 8.42 Å². The molecule has 2 N–H and O–H groups in total. The average Bonchev–Trinajstić information content (AvgIpc) is 2.82. The molecule has 1 fully saturated rings. The van der Waals surface area contributed by atoms with Gasteiger partial charge in [0.05, 0.1) is 10.8 Å². The van der Waals surface area contributed by atoms with E-state index in [2.05, 4.69) is 15.0 Å². The van der Waals surface area contributed by atoms with Gasteiger partial charge in [0, 0.05) is 24.5 Å². The fourth-order valence-electron chi connectivity index (χ4n) is 2.11. The first-order valence-corrected chi connectivity index (χ1v) is 8.75. The van der Waals surface area contributed by atoms with E-state index in [0.29, 0.717) is 18.9 Å². The van der Waals surface area contributed by atoms with Crippen LogP contribution in [0.5, 0.6) is 0 Å². The van der Waals surface area contributed by atoms with Crippen LogP contribution in [0.2, 0.25) is 0 Å². The Hall–Kier alpha value is -0.500. The Labute approximate surface area is 112 Å². The van der Waals surface area contributed by atoms with Crippen LogP contribution < -0.4 is 10.0 Å². The van der Waals surface area contributed by atoms with Crippen molar-refractivity contribution in [2.75, 3.05) is 25.4 Å². The molecule has 0 radical (unpaired) electrons. The predicted octanol–water partition coefficient (Wildman–Crippen LogP) is 0.605. The Morgan fingerprint density at radius 3 is 2.89 bits per heavy atom. The van der Waals surface area contributed by atoms with Crippen LogP contribution in [0.15, 0.2) is 11.6 Å². The van der Waals surface area contributed by atoms with Gasteiger partial charge in [0.25, 0.3) is 0 Å². The summed E-state index contributed by atoms with van der Waals surface area (Å²) >= 11 is 1.55. The van der Waals surface area contributed by atoms with Gasteiger partial charge >= 0.3 is 0 Å². The molecule has 7 heteroatoms. The van der Waals surface area contributed by atoms with Crippen LogP contribution in [0.1, 0.15) is 17.8 Å². The minimum atomic E-state index is -3.14. The zero-order chi connectivity index (χ0) is 12.8. The summed E-state index contributed by atoms with van der Waals surface area (Å²) in [7, 11) is -3.14. The molecule has 0 aliphatic carbocycles. The highest BCUT2D eigenvalue weighted by atomic mass is 32.2. The summed E-state index contributed by atoms with van der Waals surface area (Å²) in [5.41, 5.74) is 0. The number of sulfonamides is 1. The fraction of sp³-hybridized carbons (Fsp3) is 0.727. The average molecular weight is 289 g/mol. The van der Waals surface area contributed by atoms with Gasteiger partial charge in [-0.25, -0.2) is 18.1 Å². The van der Waals surface area contributed by atoms with Gasteiger partial charge < -0.3 is 5.32 Å². The van der Waals surface area contributed by atoms with Gasteiger partial charge in [-0.05, 0) is 31.8 Å². The number of hydrogen-bond acceptors (Lipinski definition) is 5. The molecule has 0 spiro atoms. The van der Waals surface area contributed by atoms with Gasteiger partial charge in [-0.15, -0.1) is 11.3 Å². The molecular weight excluding hydrogens is 270 g/mol. The number of hydrogen-bond donors (Lipinski definition) is 2. The third-order valence-electron chi connectivity index (χ3n) is 3.06. The highest BCUT2D eigenvalue weighted by molar-refractivity contribution is 7.89. The highest BCUT2D eigenvalue weighted by Gasteiger charge is 2.20. The van der Waals surface area contributed by atoms with Crippen molar-refractivity contribution in [2.24, 2.45) is 5.92 Å². The monoisotopic (exact) mass is 289 g/mol. The molecule has 18 heavy (non-hydrogen) atoms. The van der Waals surface area contributed by atoms with Crippen molar-refractivity contribution in [1.82, 2.24) is 15.0 Å². The Morgan fingerprint density at radius 1 is 1.44 bits per heavy atom. The first kappa shape index (κ1) is 13.9. The topological polar surface area (TPSA) is 71.1 Å². The second kappa shape index (κ2) is 6.60. The number of piperidine rings is 1. The molecule has 5 nitrogen and oxygen atoms in total. The minimum absolute atomic E-state index is 0.256. The number of nitrogens with one attached hydrogen (secondary N) is 2. The van der Waals surface area contributed by atoms with Crippen LogP contribution >= 0.6 is 11.3 Å². The van der Waals surface area contributed by atoms with Crippen LogP contribution in [0.3, 0.4) is 0 Å². The maximum atomic E-state index is 11.9. The van der Waals surface area contributed by atoms with Crippen molar-refractivity contribution in [3.8, 4) is 0 Å². The zero-order valence-corrected chi connectivity index (χ0v) is 11.9. The van der Waals surface area contributed by atoms with Crippen molar-refractivity contribution in [3.05, 3.63) is 16.6 Å². The molecule has 0 unspecified atom stereocenters. The summed E-state index contributed by atoms with van der Waals surface area (Å²) in [5, 5.41) is 6.11. The summed E-state index contributed by atoms with van der Waals surface area (Å²) in [6.07, 6.45) is 4.31. The van der Waals surface area contributed by atoms with Crippen LogP contribution in [-0.2, 0) is 16.4 Å². The molecule has 0 amide bonds. The summed E-state index contributed by atoms with van der Waals surface area (Å²) in [5.74, 6) is 0.552. The maximum absolute atomic E-state index is 11.9. The lowest BCUT2D eigenvalue weighted by Gasteiger charge is -2.22. The number of aromatic nitrogens is 1. The summed E-state index contributed by atoms with van der Waals surface area (Å²) in [6.45, 7) is 2.30. The molecule has 1 aromatic rings. The maximum Gasteiger partial charge on any atom is 0.211 e. The third kappa shape index (κ3) is 4.64. The number of thiazole rings is 1. The van der Waals surface area contributed by atoms with Crippen molar-refractivity contribution in [1.29, 1.82) is 0 Å². The van der Waals surface area contributed by atoms with Crippen molar-refractivity contribution in [3.63, 3.8) is 0 Å². The molecule has 2 heterocycles. The van der Waals surface area contributed by atoms with E-state index in [1.54, 1.807) is 17.5 Å². The Balaban J connectivity index is 1.73. The van der Waals surface area contributed by atoms with Gasteiger partial charge in [-0.1, -0.05) is 0 Å². The molecule has 0 bridgehead atoms. The van der Waals surface area contributed by atoms with E-state index in [-0.39, 0.29) is 5.75 Å². The van der Waals surface area contributed by atoms with Gasteiger partial charge in [0.2, 0.25) is 10.0 Å². The van der Waals surface area contributed by atoms with Crippen LogP contribution in [-0.4, -0.2) is 38.8 Å². The van der Waals surface area contributed by atoms with Crippen molar-refractivity contribution in [2.45, 2.75) is 19.3 Å². The van der Waals surface area contributed by atoms with Crippen LogP contribution in [0, 0.1) is 5.92 Å². The SMILES string of the molecule is O=S(=O)(CC1CCNCC1)NCCc1nccs1. The minimum Gasteiger partial charge on any atom is -0.317 e. The lowest BCUT2D eigenvalue weighted by atomic mass is 10.0. The normalized spacial score (nSPS) is 18.0. The van der Waals surface area contributed by atoms with E-state index in [1.807, 2.05) is 5.38 Å². The second-order valence-electron chi connectivity index (χ2n) is 4.54. The summed E-state index contributed by atoms with van der Waals surface area (Å²) in [6, 6.07) is 0. The Bertz CT molecular complexity index is 439. The van der Waals surface area contributed by atoms with E-state index in [4.69, 9.17) is 0 Å². The van der Waals surface area contributed by atoms with E-state index in [0.717, 1.165) is 30.9 Å². The lowest BCUT2D eigenvalue weighted by molar-refractivity contribution is 0.400. The zero-order valence-electron chi connectivity index (χ0n) is 10.3. The van der Waals surface area contributed by atoms with Crippen molar-refractivity contribution >= 4 is 21.4 Å². The predicted molar refractivity (Wildman–Crippen MR) is 73.2 cm³/mol. The van der Waals surface area contributed by atoms with E-state index < -0.39 is 10.0 Å². The summed E-state index contributed by atoms with van der Waals surface area (Å²) < 4.78 is 26.4. The standard InChI is InChI=1S/C11H19N3O2S2/c15-18(16,9-10-1-4-12-5-2-10)14-6-3-11-13-7-8-17-11/h7-8,10,12,14H,1-6,9H2. The first-order chi connectivity index (χ1) is 8.66. The molecule has 1 aliphatic rings. The van der Waals surface area contributed by atoms with Gasteiger partial charge in [-0.3, -0.25) is 0 Å². The third-order valence-corrected chi connectivity index (χ3v) is 5.45. The molecule has 102 valence electrons. The highest BCUT2D eigenvalue weighted by Crippen LogP contribution is 2.13. The van der Waals surface area contributed by atoms with Gasteiger partial charge in [0.15, 0.2) is 0 Å². The Kier molecular flexibility index (Phi) is 5.11. The van der Waals surface area contributed by atoms with E-state index >= 15 is 0 Å². The number of nitrogens with zero attached hydrogens (tertiary/aromatic N) is 1. The molecule has 1 aliphatic heterocycles. The van der Waals surface area contributed by atoms with Gasteiger partial charge in [-0.2, -0.15) is 0 Å². The van der Waals surface area contributed by atoms with Gasteiger partial charge in [0.1, 0.15) is 0 Å². The fourth-order valence-corrected chi connectivity index (χ4v) is 4.21. The molecule has 1 aromatic heterocycles. The quantitative estimate of drug-likeness (QED) is 0.805. The molecular formula is C11H19N3O2S2. The molecule has 0 saturated carbocycles. The Morgan fingerprint density at radius 2 is 2.22 bits per heavy atom. The lowest BCUT2D eigenvalue weighted by Crippen LogP contribution is -2.36. The largest absolute Gasteiger partial charge is 0.317 e. The second-order valence-corrected chi connectivity index (χ2v) is 7.38. The first-order valence-electron chi connectivity index (χ1n) is 6.22. The molecule has 0 atom stereocenters. The van der Waals surface area contributed by atoms with E-state index in [1.165, 1.54) is 0 Å². The van der Waals surface area contributed by atoms with Crippen LogP contribution in [0.25, 0.3) is 0 Å². The molecule has 2 rings (SSSR count). The smallest absolute Gasteiger partial charge is 0.211 e. The summed E-state index contributed by atoms with van der Waals surface area (Å²) in [4.78, 5) is 4.13. The van der Waals surface area contributed by atoms with Crippen LogP contribution in [0.4, 0.5) is 0 Å². The molecule has 0 aromatic carbocycles. The van der Waals surface area contributed by atoms with Crippen molar-refractivity contribution < 1.29 is 8.42 Å². The molecule has 1 saturated heterocycles.